The Morgan fingerprint density at radius 1 is 1.10 bits per heavy atom. The Morgan fingerprint density at radius 2 is 1.90 bits per heavy atom. The zero-order valence-electron chi connectivity index (χ0n) is 12.7. The molecule has 2 aliphatic carbocycles. The van der Waals surface area contributed by atoms with Crippen LogP contribution in [0.15, 0.2) is 42.5 Å². The number of likely N-dealkylation sites (tertiary alicyclic amines) is 1. The molecule has 1 saturated heterocycles. The Labute approximate surface area is 128 Å². The number of nitrogens with zero attached hydrogens (tertiary/aromatic N) is 1. The molecule has 0 bridgehead atoms. The third-order valence-corrected chi connectivity index (χ3v) is 5.65. The van der Waals surface area contributed by atoms with Gasteiger partial charge in [0.1, 0.15) is 0 Å². The van der Waals surface area contributed by atoms with E-state index in [9.17, 15) is 0 Å². The quantitative estimate of drug-likeness (QED) is 0.853. The van der Waals surface area contributed by atoms with Gasteiger partial charge in [0.25, 0.3) is 0 Å². The third kappa shape index (κ3) is 2.93. The molecule has 3 aliphatic rings. The average molecular weight is 282 g/mol. The second-order valence-electron chi connectivity index (χ2n) is 7.05. The molecule has 112 valence electrons. The lowest BCUT2D eigenvalue weighted by molar-refractivity contribution is 0.120. The first-order valence-corrected chi connectivity index (χ1v) is 8.57. The number of piperidine rings is 1. The van der Waals surface area contributed by atoms with Crippen LogP contribution in [0.4, 0.5) is 0 Å². The maximum absolute atomic E-state index is 3.93. The van der Waals surface area contributed by atoms with Crippen LogP contribution in [0.3, 0.4) is 0 Å². The minimum Gasteiger partial charge on any atom is -0.311 e. The predicted octanol–water partition coefficient (Wildman–Crippen LogP) is 3.21. The van der Waals surface area contributed by atoms with Crippen molar-refractivity contribution < 1.29 is 0 Å². The number of hydrogen-bond acceptors (Lipinski definition) is 2. The molecule has 0 aromatic heterocycles. The van der Waals surface area contributed by atoms with Gasteiger partial charge in [-0.1, -0.05) is 42.5 Å². The largest absolute Gasteiger partial charge is 0.311 e. The summed E-state index contributed by atoms with van der Waals surface area (Å²) < 4.78 is 0. The summed E-state index contributed by atoms with van der Waals surface area (Å²) >= 11 is 0. The minimum atomic E-state index is 0.747. The molecule has 2 nitrogen and oxygen atoms in total. The van der Waals surface area contributed by atoms with Crippen molar-refractivity contribution in [3.63, 3.8) is 0 Å². The second kappa shape index (κ2) is 5.94. The van der Waals surface area contributed by atoms with Crippen LogP contribution in [0.1, 0.15) is 31.2 Å². The van der Waals surface area contributed by atoms with E-state index in [0.29, 0.717) is 0 Å². The summed E-state index contributed by atoms with van der Waals surface area (Å²) in [5.74, 6) is 1.83. The van der Waals surface area contributed by atoms with Gasteiger partial charge in [-0.3, -0.25) is 4.90 Å². The lowest BCUT2D eigenvalue weighted by Gasteiger charge is -2.44. The van der Waals surface area contributed by atoms with Crippen molar-refractivity contribution in [3.8, 4) is 0 Å². The summed E-state index contributed by atoms with van der Waals surface area (Å²) in [6.45, 7) is 3.59. The van der Waals surface area contributed by atoms with Gasteiger partial charge in [-0.25, -0.2) is 0 Å². The van der Waals surface area contributed by atoms with E-state index in [1.54, 1.807) is 0 Å². The van der Waals surface area contributed by atoms with E-state index < -0.39 is 0 Å². The number of hydrogen-bond donors (Lipinski definition) is 1. The van der Waals surface area contributed by atoms with Crippen LogP contribution in [0.5, 0.6) is 0 Å². The van der Waals surface area contributed by atoms with Gasteiger partial charge in [-0.15, -0.1) is 0 Å². The predicted molar refractivity (Wildman–Crippen MR) is 87.0 cm³/mol. The van der Waals surface area contributed by atoms with E-state index in [4.69, 9.17) is 0 Å². The Morgan fingerprint density at radius 3 is 2.67 bits per heavy atom. The first-order valence-electron chi connectivity index (χ1n) is 8.57. The van der Waals surface area contributed by atoms with E-state index in [1.807, 2.05) is 0 Å². The first-order chi connectivity index (χ1) is 10.4. The molecule has 4 rings (SSSR count). The molecule has 2 fully saturated rings. The van der Waals surface area contributed by atoms with Crippen molar-refractivity contribution in [1.29, 1.82) is 0 Å². The van der Waals surface area contributed by atoms with E-state index in [1.165, 1.54) is 44.3 Å². The Hall–Kier alpha value is -1.12. The molecule has 0 spiro atoms. The smallest absolute Gasteiger partial charge is 0.0233 e. The van der Waals surface area contributed by atoms with E-state index in [0.717, 1.165) is 30.5 Å². The van der Waals surface area contributed by atoms with Gasteiger partial charge in [0.2, 0.25) is 0 Å². The normalized spacial score (nSPS) is 32.9. The van der Waals surface area contributed by atoms with Gasteiger partial charge in [-0.2, -0.15) is 0 Å². The fourth-order valence-corrected chi connectivity index (χ4v) is 4.31. The molecule has 21 heavy (non-hydrogen) atoms. The summed E-state index contributed by atoms with van der Waals surface area (Å²) in [7, 11) is 0. The molecule has 1 heterocycles. The average Bonchev–Trinajstić information content (AvgIpc) is 2.89. The third-order valence-electron chi connectivity index (χ3n) is 5.65. The van der Waals surface area contributed by atoms with Crippen molar-refractivity contribution in [2.45, 2.75) is 44.3 Å². The van der Waals surface area contributed by atoms with Gasteiger partial charge < -0.3 is 5.32 Å². The maximum atomic E-state index is 3.93. The van der Waals surface area contributed by atoms with Gasteiger partial charge in [-0.05, 0) is 56.2 Å². The highest BCUT2D eigenvalue weighted by Gasteiger charge is 2.41. The molecular formula is C19H26N2. The number of allylic oxidation sites excluding steroid dienone is 1. The number of nitrogens with one attached hydrogen (secondary N) is 1. The molecule has 1 aliphatic heterocycles. The van der Waals surface area contributed by atoms with Crippen LogP contribution in [-0.4, -0.2) is 30.1 Å². The Bertz CT molecular complexity index is 488. The van der Waals surface area contributed by atoms with Crippen molar-refractivity contribution in [3.05, 3.63) is 48.0 Å². The molecule has 1 saturated carbocycles. The fourth-order valence-electron chi connectivity index (χ4n) is 4.31. The molecule has 0 amide bonds. The highest BCUT2D eigenvalue weighted by molar-refractivity contribution is 5.15. The van der Waals surface area contributed by atoms with Gasteiger partial charge in [0.15, 0.2) is 0 Å². The van der Waals surface area contributed by atoms with Gasteiger partial charge in [0.05, 0.1) is 0 Å². The van der Waals surface area contributed by atoms with Crippen molar-refractivity contribution >= 4 is 0 Å². The molecule has 1 aromatic rings. The lowest BCUT2D eigenvalue weighted by Crippen LogP contribution is -2.54. The summed E-state index contributed by atoms with van der Waals surface area (Å²) in [6.07, 6.45) is 10.2. The lowest BCUT2D eigenvalue weighted by atomic mass is 9.71. The number of benzene rings is 1. The van der Waals surface area contributed by atoms with E-state index >= 15 is 0 Å². The van der Waals surface area contributed by atoms with Crippen LogP contribution in [0, 0.1) is 11.8 Å². The molecule has 3 atom stereocenters. The fraction of sp³-hybridized carbons (Fsp3) is 0.579. The van der Waals surface area contributed by atoms with E-state index in [2.05, 4.69) is 52.7 Å². The standard InChI is InChI=1S/C19H26N2/c1-2-5-15(6-3-1)14-21-11-9-17(10-12-21)20-19-13-16-7-4-8-18(16)19/h1-6,8,16-20H,7,9-14H2/t16-,18-,19+/m1/s1. The molecule has 0 radical (unpaired) electrons. The molecule has 1 N–H and O–H groups in total. The molecule has 0 unspecified atom stereocenters. The maximum Gasteiger partial charge on any atom is 0.0233 e. The molecule has 1 aromatic carbocycles. The van der Waals surface area contributed by atoms with Crippen molar-refractivity contribution in [2.75, 3.05) is 13.1 Å². The Kier molecular flexibility index (Phi) is 3.83. The molecule has 2 heteroatoms. The first kappa shape index (κ1) is 13.5. The van der Waals surface area contributed by atoms with Gasteiger partial charge in [0, 0.05) is 18.6 Å². The van der Waals surface area contributed by atoms with Crippen LogP contribution in [0.2, 0.25) is 0 Å². The van der Waals surface area contributed by atoms with Crippen molar-refractivity contribution in [2.24, 2.45) is 11.8 Å². The zero-order chi connectivity index (χ0) is 14.1. The minimum absolute atomic E-state index is 0.747. The Balaban J connectivity index is 1.23. The highest BCUT2D eigenvalue weighted by atomic mass is 15.1. The van der Waals surface area contributed by atoms with Crippen LogP contribution in [-0.2, 0) is 6.54 Å². The summed E-state index contributed by atoms with van der Waals surface area (Å²) in [6, 6.07) is 12.4. The van der Waals surface area contributed by atoms with Gasteiger partial charge >= 0.3 is 0 Å². The summed E-state index contributed by atoms with van der Waals surface area (Å²) in [5.41, 5.74) is 1.45. The number of fused-ring (bicyclic) bond motifs is 1. The monoisotopic (exact) mass is 282 g/mol. The van der Waals surface area contributed by atoms with Crippen LogP contribution < -0.4 is 5.32 Å². The summed E-state index contributed by atoms with van der Waals surface area (Å²) in [5, 5.41) is 3.93. The zero-order valence-corrected chi connectivity index (χ0v) is 12.7. The topological polar surface area (TPSA) is 15.3 Å². The van der Waals surface area contributed by atoms with Crippen LogP contribution >= 0.6 is 0 Å². The summed E-state index contributed by atoms with van der Waals surface area (Å²) in [4.78, 5) is 2.60. The number of rotatable bonds is 4. The van der Waals surface area contributed by atoms with Crippen molar-refractivity contribution in [1.82, 2.24) is 10.2 Å². The van der Waals surface area contributed by atoms with Crippen LogP contribution in [0.25, 0.3) is 0 Å². The SMILES string of the molecule is C1=C[C@@H]2[C@H](C1)C[C@@H]2NC1CCN(Cc2ccccc2)CC1. The molecular weight excluding hydrogens is 256 g/mol. The second-order valence-corrected chi connectivity index (χ2v) is 7.05. The van der Waals surface area contributed by atoms with E-state index in [-0.39, 0.29) is 0 Å². The highest BCUT2D eigenvalue weighted by Crippen LogP contribution is 2.43.